The standard InChI is InChI=1S/C10H10BrFN2S/c1-2-3-13-10-14-9-7(12)4-6(11)5-8(9)15-10/h4-5H,2-3H2,1H3,(H,13,14). The highest BCUT2D eigenvalue weighted by Crippen LogP contribution is 2.30. The van der Waals surface area contributed by atoms with E-state index >= 15 is 0 Å². The van der Waals surface area contributed by atoms with E-state index in [1.165, 1.54) is 17.4 Å². The third kappa shape index (κ3) is 2.29. The van der Waals surface area contributed by atoms with E-state index in [2.05, 4.69) is 33.2 Å². The molecule has 0 radical (unpaired) electrons. The molecule has 1 aromatic carbocycles. The Morgan fingerprint density at radius 1 is 1.53 bits per heavy atom. The van der Waals surface area contributed by atoms with E-state index in [1.54, 1.807) is 0 Å². The molecule has 0 atom stereocenters. The summed E-state index contributed by atoms with van der Waals surface area (Å²) in [5, 5.41) is 3.94. The third-order valence-corrected chi connectivity index (χ3v) is 3.36. The molecule has 0 aliphatic heterocycles. The van der Waals surface area contributed by atoms with Crippen LogP contribution in [0.4, 0.5) is 9.52 Å². The zero-order valence-corrected chi connectivity index (χ0v) is 10.6. The third-order valence-electron chi connectivity index (χ3n) is 1.94. The number of aromatic nitrogens is 1. The zero-order chi connectivity index (χ0) is 10.8. The SMILES string of the molecule is CCCNc1nc2c(F)cc(Br)cc2s1. The van der Waals surface area contributed by atoms with Crippen LogP contribution in [0, 0.1) is 5.82 Å². The Kier molecular flexibility index (Phi) is 3.21. The average Bonchev–Trinajstić information content (AvgIpc) is 2.57. The molecule has 0 bridgehead atoms. The summed E-state index contributed by atoms with van der Waals surface area (Å²) in [5.41, 5.74) is 0.446. The van der Waals surface area contributed by atoms with Crippen LogP contribution in [-0.4, -0.2) is 11.5 Å². The number of rotatable bonds is 3. The molecule has 1 aromatic heterocycles. The van der Waals surface area contributed by atoms with Gasteiger partial charge in [-0.25, -0.2) is 9.37 Å². The topological polar surface area (TPSA) is 24.9 Å². The van der Waals surface area contributed by atoms with E-state index in [-0.39, 0.29) is 5.82 Å². The number of thiazole rings is 1. The lowest BCUT2D eigenvalue weighted by Gasteiger charge is -1.95. The molecule has 0 saturated carbocycles. The molecule has 5 heteroatoms. The summed E-state index contributed by atoms with van der Waals surface area (Å²) < 4.78 is 15.1. The Morgan fingerprint density at radius 2 is 2.33 bits per heavy atom. The van der Waals surface area contributed by atoms with Crippen LogP contribution in [0.3, 0.4) is 0 Å². The van der Waals surface area contributed by atoms with E-state index in [0.29, 0.717) is 5.52 Å². The van der Waals surface area contributed by atoms with E-state index in [0.717, 1.165) is 27.3 Å². The summed E-state index contributed by atoms with van der Waals surface area (Å²) in [5.74, 6) is -0.278. The lowest BCUT2D eigenvalue weighted by molar-refractivity contribution is 0.636. The molecule has 0 amide bonds. The van der Waals surface area contributed by atoms with Crippen LogP contribution >= 0.6 is 27.3 Å². The van der Waals surface area contributed by atoms with Gasteiger partial charge >= 0.3 is 0 Å². The van der Waals surface area contributed by atoms with Crippen molar-refractivity contribution in [3.8, 4) is 0 Å². The summed E-state index contributed by atoms with van der Waals surface area (Å²) in [6.45, 7) is 2.94. The van der Waals surface area contributed by atoms with Gasteiger partial charge in [0.25, 0.3) is 0 Å². The molecule has 2 aromatic rings. The first-order valence-electron chi connectivity index (χ1n) is 4.70. The predicted molar refractivity (Wildman–Crippen MR) is 66.1 cm³/mol. The minimum absolute atomic E-state index is 0.278. The molecule has 0 saturated heterocycles. The van der Waals surface area contributed by atoms with Crippen LogP contribution in [0.25, 0.3) is 10.2 Å². The largest absolute Gasteiger partial charge is 0.361 e. The Hall–Kier alpha value is -0.680. The number of fused-ring (bicyclic) bond motifs is 1. The number of hydrogen-bond acceptors (Lipinski definition) is 3. The number of nitrogens with one attached hydrogen (secondary N) is 1. The fourth-order valence-electron chi connectivity index (χ4n) is 1.26. The van der Waals surface area contributed by atoms with Crippen molar-refractivity contribution in [3.05, 3.63) is 22.4 Å². The smallest absolute Gasteiger partial charge is 0.183 e. The molecule has 2 nitrogen and oxygen atoms in total. The first-order chi connectivity index (χ1) is 7.20. The summed E-state index contributed by atoms with van der Waals surface area (Å²) in [6.07, 6.45) is 1.03. The van der Waals surface area contributed by atoms with Crippen molar-refractivity contribution in [1.29, 1.82) is 0 Å². The summed E-state index contributed by atoms with van der Waals surface area (Å²) in [6, 6.07) is 3.32. The normalized spacial score (nSPS) is 10.9. The first kappa shape index (κ1) is 10.8. The van der Waals surface area contributed by atoms with Crippen molar-refractivity contribution in [2.45, 2.75) is 13.3 Å². The minimum atomic E-state index is -0.278. The fraction of sp³-hybridized carbons (Fsp3) is 0.300. The molecule has 0 spiro atoms. The predicted octanol–water partition coefficient (Wildman–Crippen LogP) is 4.02. The highest BCUT2D eigenvalue weighted by atomic mass is 79.9. The average molecular weight is 289 g/mol. The first-order valence-corrected chi connectivity index (χ1v) is 6.31. The Labute approximate surface area is 99.7 Å². The van der Waals surface area contributed by atoms with Crippen molar-refractivity contribution < 1.29 is 4.39 Å². The molecule has 0 fully saturated rings. The second kappa shape index (κ2) is 4.45. The maximum Gasteiger partial charge on any atom is 0.183 e. The van der Waals surface area contributed by atoms with Crippen LogP contribution in [-0.2, 0) is 0 Å². The van der Waals surface area contributed by atoms with Gasteiger partial charge in [-0.05, 0) is 18.6 Å². The molecule has 15 heavy (non-hydrogen) atoms. The Bertz CT molecular complexity index is 483. The van der Waals surface area contributed by atoms with Crippen molar-refractivity contribution >= 4 is 42.6 Å². The van der Waals surface area contributed by atoms with Gasteiger partial charge in [-0.2, -0.15) is 0 Å². The van der Waals surface area contributed by atoms with Crippen molar-refractivity contribution in [3.63, 3.8) is 0 Å². The quantitative estimate of drug-likeness (QED) is 0.923. The molecule has 0 unspecified atom stereocenters. The molecule has 1 heterocycles. The summed E-state index contributed by atoms with van der Waals surface area (Å²) in [4.78, 5) is 4.20. The maximum absolute atomic E-state index is 13.5. The Morgan fingerprint density at radius 3 is 3.07 bits per heavy atom. The highest BCUT2D eigenvalue weighted by Gasteiger charge is 2.08. The molecule has 0 aliphatic rings. The molecule has 2 rings (SSSR count). The summed E-state index contributed by atoms with van der Waals surface area (Å²) in [7, 11) is 0. The fourth-order valence-corrected chi connectivity index (χ4v) is 2.79. The van der Waals surface area contributed by atoms with Gasteiger partial charge in [0.2, 0.25) is 0 Å². The molecule has 1 N–H and O–H groups in total. The van der Waals surface area contributed by atoms with Crippen molar-refractivity contribution in [2.24, 2.45) is 0 Å². The van der Waals surface area contributed by atoms with E-state index in [4.69, 9.17) is 0 Å². The van der Waals surface area contributed by atoms with Crippen LogP contribution in [0.1, 0.15) is 13.3 Å². The molecule has 80 valence electrons. The summed E-state index contributed by atoms with van der Waals surface area (Å²) >= 11 is 4.74. The van der Waals surface area contributed by atoms with Gasteiger partial charge in [0.15, 0.2) is 10.9 Å². The number of nitrogens with zero attached hydrogens (tertiary/aromatic N) is 1. The number of benzene rings is 1. The highest BCUT2D eigenvalue weighted by molar-refractivity contribution is 9.10. The van der Waals surface area contributed by atoms with Gasteiger partial charge in [-0.1, -0.05) is 34.2 Å². The minimum Gasteiger partial charge on any atom is -0.361 e. The van der Waals surface area contributed by atoms with E-state index in [1.807, 2.05) is 6.07 Å². The molecular weight excluding hydrogens is 279 g/mol. The maximum atomic E-state index is 13.5. The van der Waals surface area contributed by atoms with Gasteiger partial charge in [0, 0.05) is 11.0 Å². The van der Waals surface area contributed by atoms with E-state index in [9.17, 15) is 4.39 Å². The number of hydrogen-bond donors (Lipinski definition) is 1. The van der Waals surface area contributed by atoms with Gasteiger partial charge < -0.3 is 5.32 Å². The molecule has 0 aliphatic carbocycles. The molecular formula is C10H10BrFN2S. The van der Waals surface area contributed by atoms with Gasteiger partial charge in [-0.15, -0.1) is 0 Å². The van der Waals surface area contributed by atoms with Crippen LogP contribution in [0.5, 0.6) is 0 Å². The van der Waals surface area contributed by atoms with Gasteiger partial charge in [0.1, 0.15) is 5.52 Å². The van der Waals surface area contributed by atoms with Crippen molar-refractivity contribution in [1.82, 2.24) is 4.98 Å². The zero-order valence-electron chi connectivity index (χ0n) is 8.18. The van der Waals surface area contributed by atoms with Gasteiger partial charge in [-0.3, -0.25) is 0 Å². The van der Waals surface area contributed by atoms with Gasteiger partial charge in [0.05, 0.1) is 4.70 Å². The number of halogens is 2. The van der Waals surface area contributed by atoms with Crippen LogP contribution < -0.4 is 5.32 Å². The van der Waals surface area contributed by atoms with E-state index < -0.39 is 0 Å². The lowest BCUT2D eigenvalue weighted by atomic mass is 10.3. The van der Waals surface area contributed by atoms with Crippen molar-refractivity contribution in [2.75, 3.05) is 11.9 Å². The van der Waals surface area contributed by atoms with Crippen LogP contribution in [0.15, 0.2) is 16.6 Å². The number of anilines is 1. The van der Waals surface area contributed by atoms with Crippen LogP contribution in [0.2, 0.25) is 0 Å². The lowest BCUT2D eigenvalue weighted by Crippen LogP contribution is -1.98. The second-order valence-electron chi connectivity index (χ2n) is 3.18. The monoisotopic (exact) mass is 288 g/mol. The second-order valence-corrected chi connectivity index (χ2v) is 5.13. The Balaban J connectivity index is 2.41.